The summed E-state index contributed by atoms with van der Waals surface area (Å²) in [7, 11) is 0. The molecule has 1 heterocycles. The molecule has 2 rings (SSSR count). The first kappa shape index (κ1) is 10.2. The van der Waals surface area contributed by atoms with E-state index in [1.807, 2.05) is 6.07 Å². The molecule has 0 atom stereocenters. The Balaban J connectivity index is 1.76. The van der Waals surface area contributed by atoms with Gasteiger partial charge in [0, 0.05) is 6.54 Å². The summed E-state index contributed by atoms with van der Waals surface area (Å²) in [6, 6.07) is 5.92. The second-order valence-electron chi connectivity index (χ2n) is 4.02. The molecule has 2 N–H and O–H groups in total. The minimum absolute atomic E-state index is 0.0673. The van der Waals surface area contributed by atoms with Crippen molar-refractivity contribution in [3.8, 4) is 6.07 Å². The number of nitrogens with one attached hydrogen (secondary N) is 1. The van der Waals surface area contributed by atoms with Gasteiger partial charge >= 0.3 is 0 Å². The molecule has 80 valence electrons. The normalized spacial score (nSPS) is 17.3. The fourth-order valence-corrected chi connectivity index (χ4v) is 1.51. The van der Waals surface area contributed by atoms with E-state index in [1.165, 1.54) is 0 Å². The van der Waals surface area contributed by atoms with Crippen molar-refractivity contribution in [3.05, 3.63) is 23.7 Å². The molecule has 1 aromatic heterocycles. The smallest absolute Gasteiger partial charge is 0.129 e. The van der Waals surface area contributed by atoms with Crippen LogP contribution >= 0.6 is 0 Å². The van der Waals surface area contributed by atoms with E-state index in [-0.39, 0.29) is 12.0 Å². The van der Waals surface area contributed by atoms with E-state index in [4.69, 9.17) is 14.8 Å². The Bertz CT molecular complexity index is 374. The van der Waals surface area contributed by atoms with Crippen molar-refractivity contribution in [1.29, 1.82) is 5.26 Å². The minimum Gasteiger partial charge on any atom is -0.462 e. The molecule has 1 fully saturated rings. The lowest BCUT2D eigenvalue weighted by molar-refractivity contribution is 0.242. The number of aliphatic hydroxyl groups excluding tert-OH is 1. The first-order valence-electron chi connectivity index (χ1n) is 5.08. The Morgan fingerprint density at radius 3 is 2.73 bits per heavy atom. The molecule has 0 saturated heterocycles. The van der Waals surface area contributed by atoms with Crippen LogP contribution in [0.25, 0.3) is 0 Å². The third-order valence-corrected chi connectivity index (χ3v) is 2.73. The van der Waals surface area contributed by atoms with Crippen LogP contribution in [0.1, 0.15) is 24.4 Å². The standard InChI is InChI=1S/C11H14N2O2/c12-7-11(3-4-11)8-13-5-9-1-2-10(6-14)15-9/h1-2,13-14H,3-6,8H2. The van der Waals surface area contributed by atoms with Crippen molar-refractivity contribution in [1.82, 2.24) is 5.32 Å². The summed E-state index contributed by atoms with van der Waals surface area (Å²) in [5.41, 5.74) is -0.119. The van der Waals surface area contributed by atoms with Gasteiger partial charge in [0.1, 0.15) is 18.1 Å². The van der Waals surface area contributed by atoms with E-state index < -0.39 is 0 Å². The van der Waals surface area contributed by atoms with Crippen LogP contribution in [0.5, 0.6) is 0 Å². The van der Waals surface area contributed by atoms with Gasteiger partial charge in [-0.15, -0.1) is 0 Å². The van der Waals surface area contributed by atoms with E-state index in [0.29, 0.717) is 12.3 Å². The molecular formula is C11H14N2O2. The molecule has 0 unspecified atom stereocenters. The Morgan fingerprint density at radius 1 is 1.47 bits per heavy atom. The zero-order valence-corrected chi connectivity index (χ0v) is 8.49. The van der Waals surface area contributed by atoms with E-state index in [1.54, 1.807) is 6.07 Å². The molecule has 15 heavy (non-hydrogen) atoms. The van der Waals surface area contributed by atoms with Crippen molar-refractivity contribution < 1.29 is 9.52 Å². The van der Waals surface area contributed by atoms with Gasteiger partial charge in [-0.3, -0.25) is 0 Å². The monoisotopic (exact) mass is 206 g/mol. The number of nitriles is 1. The Morgan fingerprint density at radius 2 is 2.20 bits per heavy atom. The molecule has 1 aliphatic rings. The maximum atomic E-state index is 8.85. The SMILES string of the molecule is N#CC1(CNCc2ccc(CO)o2)CC1. The predicted molar refractivity (Wildman–Crippen MR) is 53.6 cm³/mol. The third kappa shape index (κ3) is 2.38. The van der Waals surface area contributed by atoms with Crippen LogP contribution in [0.15, 0.2) is 16.5 Å². The molecule has 0 bridgehead atoms. The van der Waals surface area contributed by atoms with Gasteiger partial charge in [0.15, 0.2) is 0 Å². The topological polar surface area (TPSA) is 69.2 Å². The molecule has 4 nitrogen and oxygen atoms in total. The highest BCUT2D eigenvalue weighted by molar-refractivity contribution is 5.11. The molecule has 1 saturated carbocycles. The maximum absolute atomic E-state index is 8.85. The Hall–Kier alpha value is -1.31. The number of nitrogens with zero attached hydrogens (tertiary/aromatic N) is 1. The molecule has 1 aromatic rings. The van der Waals surface area contributed by atoms with Crippen LogP contribution in [0.3, 0.4) is 0 Å². The second-order valence-corrected chi connectivity index (χ2v) is 4.02. The first-order chi connectivity index (χ1) is 7.28. The van der Waals surface area contributed by atoms with Crippen LogP contribution in [0.4, 0.5) is 0 Å². The lowest BCUT2D eigenvalue weighted by atomic mass is 10.1. The molecule has 0 amide bonds. The van der Waals surface area contributed by atoms with Gasteiger partial charge < -0.3 is 14.8 Å². The highest BCUT2D eigenvalue weighted by Gasteiger charge is 2.42. The zero-order chi connectivity index (χ0) is 10.7. The summed E-state index contributed by atoms with van der Waals surface area (Å²) in [5.74, 6) is 1.38. The fourth-order valence-electron chi connectivity index (χ4n) is 1.51. The summed E-state index contributed by atoms with van der Waals surface area (Å²) in [4.78, 5) is 0. The predicted octanol–water partition coefficient (Wildman–Crippen LogP) is 1.17. The molecule has 1 aliphatic carbocycles. The van der Waals surface area contributed by atoms with E-state index in [0.717, 1.165) is 25.1 Å². The summed E-state index contributed by atoms with van der Waals surface area (Å²) >= 11 is 0. The van der Waals surface area contributed by atoms with E-state index in [9.17, 15) is 0 Å². The van der Waals surface area contributed by atoms with Crippen LogP contribution in [0, 0.1) is 16.7 Å². The lowest BCUT2D eigenvalue weighted by Gasteiger charge is -2.05. The summed E-state index contributed by atoms with van der Waals surface area (Å²) in [6.45, 7) is 1.27. The van der Waals surface area contributed by atoms with Gasteiger partial charge in [0.25, 0.3) is 0 Å². The van der Waals surface area contributed by atoms with Crippen LogP contribution in [-0.2, 0) is 13.2 Å². The van der Waals surface area contributed by atoms with Crippen molar-refractivity contribution >= 4 is 0 Å². The van der Waals surface area contributed by atoms with Gasteiger partial charge in [0.05, 0.1) is 18.0 Å². The number of hydrogen-bond acceptors (Lipinski definition) is 4. The van der Waals surface area contributed by atoms with Crippen molar-refractivity contribution in [2.75, 3.05) is 6.54 Å². The summed E-state index contributed by atoms with van der Waals surface area (Å²) in [5, 5.41) is 20.8. The average molecular weight is 206 g/mol. The second kappa shape index (κ2) is 4.05. The first-order valence-corrected chi connectivity index (χ1v) is 5.08. The molecule has 0 aromatic carbocycles. The van der Waals surface area contributed by atoms with Gasteiger partial charge in [-0.2, -0.15) is 5.26 Å². The fraction of sp³-hybridized carbons (Fsp3) is 0.545. The molecule has 0 radical (unpaired) electrons. The largest absolute Gasteiger partial charge is 0.462 e. The molecule has 0 aliphatic heterocycles. The quantitative estimate of drug-likeness (QED) is 0.758. The van der Waals surface area contributed by atoms with Crippen LogP contribution in [-0.4, -0.2) is 11.7 Å². The summed E-state index contributed by atoms with van der Waals surface area (Å²) < 4.78 is 5.31. The van der Waals surface area contributed by atoms with Gasteiger partial charge in [0.2, 0.25) is 0 Å². The van der Waals surface area contributed by atoms with Crippen molar-refractivity contribution in [2.45, 2.75) is 26.0 Å². The van der Waals surface area contributed by atoms with Gasteiger partial charge in [-0.25, -0.2) is 0 Å². The number of hydrogen-bond donors (Lipinski definition) is 2. The van der Waals surface area contributed by atoms with Crippen molar-refractivity contribution in [3.63, 3.8) is 0 Å². The van der Waals surface area contributed by atoms with Crippen molar-refractivity contribution in [2.24, 2.45) is 5.41 Å². The highest BCUT2D eigenvalue weighted by Crippen LogP contribution is 2.44. The van der Waals surface area contributed by atoms with E-state index >= 15 is 0 Å². The molecule has 0 spiro atoms. The number of rotatable bonds is 5. The highest BCUT2D eigenvalue weighted by atomic mass is 16.4. The minimum atomic E-state index is -0.119. The Kier molecular flexibility index (Phi) is 2.76. The molecule has 4 heteroatoms. The maximum Gasteiger partial charge on any atom is 0.129 e. The van der Waals surface area contributed by atoms with Gasteiger partial charge in [-0.05, 0) is 25.0 Å². The van der Waals surface area contributed by atoms with Crippen LogP contribution in [0.2, 0.25) is 0 Å². The average Bonchev–Trinajstić information content (AvgIpc) is 2.89. The number of aliphatic hydroxyl groups is 1. The zero-order valence-electron chi connectivity index (χ0n) is 8.49. The molecular weight excluding hydrogens is 192 g/mol. The van der Waals surface area contributed by atoms with E-state index in [2.05, 4.69) is 11.4 Å². The van der Waals surface area contributed by atoms with Gasteiger partial charge in [-0.1, -0.05) is 0 Å². The third-order valence-electron chi connectivity index (χ3n) is 2.73. The lowest BCUT2D eigenvalue weighted by Crippen LogP contribution is -2.22. The number of furan rings is 1. The van der Waals surface area contributed by atoms with Crippen LogP contribution < -0.4 is 5.32 Å². The summed E-state index contributed by atoms with van der Waals surface area (Å²) in [6.07, 6.45) is 1.99. The Labute approximate surface area is 88.5 Å².